The van der Waals surface area contributed by atoms with Crippen LogP contribution < -0.4 is 16.0 Å². The highest BCUT2D eigenvalue weighted by molar-refractivity contribution is 6.04. The summed E-state index contributed by atoms with van der Waals surface area (Å²) in [6.45, 7) is 2.42. The Labute approximate surface area is 551 Å². The van der Waals surface area contributed by atoms with Gasteiger partial charge in [-0.05, 0) is 168 Å². The van der Waals surface area contributed by atoms with Gasteiger partial charge in [0.2, 0.25) is 11.8 Å². The maximum Gasteiger partial charge on any atom is 0.416 e. The molecule has 8 aromatic rings. The third kappa shape index (κ3) is 13.8. The number of amides is 4. The summed E-state index contributed by atoms with van der Waals surface area (Å²) in [5, 5.41) is 8.69. The van der Waals surface area contributed by atoms with Crippen LogP contribution in [-0.4, -0.2) is 115 Å². The first-order valence-corrected chi connectivity index (χ1v) is 32.8. The minimum atomic E-state index is -4.62. The van der Waals surface area contributed by atoms with Gasteiger partial charge in [-0.15, -0.1) is 0 Å². The van der Waals surface area contributed by atoms with Crippen LogP contribution in [0, 0.1) is 0 Å². The highest BCUT2D eigenvalue weighted by Crippen LogP contribution is 2.53. The van der Waals surface area contributed by atoms with Crippen molar-refractivity contribution in [2.24, 2.45) is 0 Å². The summed E-state index contributed by atoms with van der Waals surface area (Å²) in [7, 11) is 0. The predicted molar refractivity (Wildman–Crippen MR) is 352 cm³/mol. The van der Waals surface area contributed by atoms with Gasteiger partial charge in [-0.2, -0.15) is 39.5 Å². The number of piperidine rings is 2. The number of fused-ring (bicyclic) bond motifs is 6. The van der Waals surface area contributed by atoms with Crippen molar-refractivity contribution in [2.75, 3.05) is 58.9 Å². The molecule has 8 aromatic carbocycles. The molecule has 10 nitrogen and oxygen atoms in total. The molecule has 2 fully saturated rings. The molecule has 4 aliphatic rings. The number of unbranched alkanes of at least 4 members (excludes halogenated alkanes) is 1. The molecule has 3 N–H and O–H groups in total. The molecule has 0 radical (unpaired) electrons. The zero-order valence-corrected chi connectivity index (χ0v) is 52.7. The quantitative estimate of drug-likeness (QED) is 0.0488. The maximum absolute atomic E-state index is 15.6. The number of likely N-dealkylation sites (tertiary alicyclic amines) is 2. The normalized spacial score (nSPS) is 16.2. The van der Waals surface area contributed by atoms with Gasteiger partial charge in [-0.25, -0.2) is 0 Å². The van der Waals surface area contributed by atoms with Crippen molar-refractivity contribution in [3.63, 3.8) is 0 Å². The average molecular weight is 1320 g/mol. The van der Waals surface area contributed by atoms with E-state index in [2.05, 4.69) is 25.8 Å². The number of hydrogen-bond donors (Lipinski definition) is 3. The van der Waals surface area contributed by atoms with Crippen molar-refractivity contribution < 1.29 is 58.7 Å². The van der Waals surface area contributed by atoms with Crippen molar-refractivity contribution >= 4 is 23.6 Å². The van der Waals surface area contributed by atoms with Gasteiger partial charge in [0, 0.05) is 62.5 Å². The second kappa shape index (κ2) is 27.9. The minimum Gasteiger partial charge on any atom is -0.353 e. The first-order chi connectivity index (χ1) is 46.1. The number of benzene rings is 8. The van der Waals surface area contributed by atoms with E-state index in [0.29, 0.717) is 117 Å². The van der Waals surface area contributed by atoms with Gasteiger partial charge < -0.3 is 30.7 Å². The lowest BCUT2D eigenvalue weighted by molar-refractivity contribution is -0.141. The molecule has 4 amide bonds. The number of halogens is 9. The number of alkyl halides is 9. The summed E-state index contributed by atoms with van der Waals surface area (Å²) in [6, 6.07) is 53.2. The summed E-state index contributed by atoms with van der Waals surface area (Å²) in [5.41, 5.74) is 5.03. The molecule has 96 heavy (non-hydrogen) atoms. The van der Waals surface area contributed by atoms with Crippen molar-refractivity contribution in [2.45, 2.75) is 99.2 Å². The van der Waals surface area contributed by atoms with Crippen LogP contribution in [0.5, 0.6) is 0 Å². The Morgan fingerprint density at radius 2 is 0.823 bits per heavy atom. The lowest BCUT2D eigenvalue weighted by atomic mass is 9.73. The summed E-state index contributed by atoms with van der Waals surface area (Å²) < 4.78 is 122. The van der Waals surface area contributed by atoms with E-state index in [-0.39, 0.29) is 54.9 Å². The third-order valence-corrected chi connectivity index (χ3v) is 19.9. The monoisotopic (exact) mass is 1320 g/mol. The first kappa shape index (κ1) is 66.9. The van der Waals surface area contributed by atoms with Crippen molar-refractivity contribution in [1.29, 1.82) is 0 Å². The van der Waals surface area contributed by atoms with Crippen LogP contribution in [0.25, 0.3) is 44.5 Å². The lowest BCUT2D eigenvalue weighted by Crippen LogP contribution is -2.51. The second-order valence-corrected chi connectivity index (χ2v) is 25.5. The molecule has 0 saturated carbocycles. The Balaban J connectivity index is 0.731. The molecule has 12 rings (SSSR count). The molecule has 0 aromatic heterocycles. The highest BCUT2D eigenvalue weighted by Gasteiger charge is 2.51. The van der Waals surface area contributed by atoms with Crippen LogP contribution in [0.1, 0.15) is 112 Å². The molecule has 0 spiro atoms. The minimum absolute atomic E-state index is 0.0624. The fourth-order valence-electron chi connectivity index (χ4n) is 15.1. The fraction of sp³-hybridized carbons (Fsp3) is 0.325. The molecule has 0 bridgehead atoms. The number of nitrogens with one attached hydrogen (secondary N) is 3. The zero-order chi connectivity index (χ0) is 67.4. The molecule has 2 saturated heterocycles. The Hall–Kier alpha value is -9.07. The predicted octanol–water partition coefficient (Wildman–Crippen LogP) is 15.5. The van der Waals surface area contributed by atoms with Crippen molar-refractivity contribution in [1.82, 2.24) is 30.7 Å². The van der Waals surface area contributed by atoms with E-state index in [0.717, 1.165) is 70.6 Å². The summed E-state index contributed by atoms with van der Waals surface area (Å²) in [4.78, 5) is 65.3. The fourth-order valence-corrected chi connectivity index (χ4v) is 15.1. The number of nitrogens with zero attached hydrogens (tertiary/aromatic N) is 3. The summed E-state index contributed by atoms with van der Waals surface area (Å²) >= 11 is 0. The van der Waals surface area contributed by atoms with Crippen LogP contribution in [0.4, 0.5) is 39.5 Å². The van der Waals surface area contributed by atoms with Gasteiger partial charge in [0.25, 0.3) is 11.8 Å². The molecular formula is C77H73F9N6O4. The van der Waals surface area contributed by atoms with Crippen LogP contribution >= 0.6 is 0 Å². The van der Waals surface area contributed by atoms with Gasteiger partial charge in [0.15, 0.2) is 0 Å². The molecule has 2 aliphatic heterocycles. The molecule has 2 aliphatic carbocycles. The largest absolute Gasteiger partial charge is 0.416 e. The van der Waals surface area contributed by atoms with Crippen LogP contribution in [0.3, 0.4) is 0 Å². The Morgan fingerprint density at radius 1 is 0.438 bits per heavy atom. The van der Waals surface area contributed by atoms with E-state index in [4.69, 9.17) is 0 Å². The second-order valence-electron chi connectivity index (χ2n) is 25.5. The molecule has 0 unspecified atom stereocenters. The SMILES string of the molecule is O=C(NC1CCN(CCCCC2(C(=O)NCCN(C(=O)c3ccccc3-c3ccc(C(F)(F)F)cc3)C3CCN(CCCC4(C(=O)NCC(F)(F)F)c5ccccc5-c5ccccc54)CC3)c3ccccc3-c3ccccc32)CC1)c1ccccc1-c1ccc(C(F)(F)F)cc1. The zero-order valence-electron chi connectivity index (χ0n) is 52.7. The van der Waals surface area contributed by atoms with E-state index in [1.54, 1.807) is 65.6 Å². The van der Waals surface area contributed by atoms with Crippen LogP contribution in [-0.2, 0) is 32.8 Å². The van der Waals surface area contributed by atoms with Gasteiger partial charge >= 0.3 is 18.5 Å². The van der Waals surface area contributed by atoms with Gasteiger partial charge in [-0.3, -0.25) is 19.2 Å². The molecular weight excluding hydrogens is 1240 g/mol. The first-order valence-electron chi connectivity index (χ1n) is 32.8. The van der Waals surface area contributed by atoms with E-state index in [1.165, 1.54) is 24.3 Å². The van der Waals surface area contributed by atoms with Crippen molar-refractivity contribution in [3.05, 3.63) is 239 Å². The number of carbonyl (C=O) groups excluding carboxylic acids is 4. The van der Waals surface area contributed by atoms with Gasteiger partial charge in [0.1, 0.15) is 17.4 Å². The summed E-state index contributed by atoms with van der Waals surface area (Å²) in [5.74, 6) is -1.60. The topological polar surface area (TPSA) is 114 Å². The smallest absolute Gasteiger partial charge is 0.353 e. The number of rotatable bonds is 21. The van der Waals surface area contributed by atoms with Gasteiger partial charge in [0.05, 0.1) is 11.1 Å². The highest BCUT2D eigenvalue weighted by atomic mass is 19.4. The molecule has 19 heteroatoms. The number of hydrogen-bond acceptors (Lipinski definition) is 6. The van der Waals surface area contributed by atoms with E-state index in [9.17, 15) is 49.1 Å². The third-order valence-electron chi connectivity index (χ3n) is 19.9. The average Bonchev–Trinajstić information content (AvgIpc) is 1.57. The molecule has 498 valence electrons. The van der Waals surface area contributed by atoms with E-state index >= 15 is 9.59 Å². The van der Waals surface area contributed by atoms with E-state index in [1.807, 2.05) is 84.9 Å². The maximum atomic E-state index is 15.6. The molecule has 2 heterocycles. The van der Waals surface area contributed by atoms with Gasteiger partial charge in [-0.1, -0.05) is 164 Å². The van der Waals surface area contributed by atoms with E-state index < -0.39 is 52.9 Å². The standard InChI is InChI=1S/C77H73F9N6O4/c78-75(79,80)50-88-72(96)74(67-26-11-7-20-61(67)62-21-8-12-27-68(62)74)41-15-44-91-47-38-56(39-48-91)92(70(94)64-23-4-2-17-58(64)52-30-34-54(35-31-52)77(84,85)86)49-42-87-71(95)73(65-24-9-5-18-59(65)60-19-6-10-25-66(60)73)40-13-14-43-90-45-36-55(37-46-90)89-69(93)63-22-3-1-16-57(63)51-28-32-53(33-29-51)76(81,82)83/h1-12,16-35,55-56H,13-15,36-50H2,(H,87,95)(H,88,96)(H,89,93). The Kier molecular flexibility index (Phi) is 19.5. The molecule has 0 atom stereocenters. The number of carbonyl (C=O) groups is 4. The summed E-state index contributed by atoms with van der Waals surface area (Å²) in [6.07, 6.45) is -8.71. The Bertz CT molecular complexity index is 4030. The van der Waals surface area contributed by atoms with Crippen LogP contribution in [0.15, 0.2) is 194 Å². The lowest BCUT2D eigenvalue weighted by Gasteiger charge is -2.39. The van der Waals surface area contributed by atoms with Crippen LogP contribution in [0.2, 0.25) is 0 Å². The van der Waals surface area contributed by atoms with Crippen molar-refractivity contribution in [3.8, 4) is 44.5 Å². The Morgan fingerprint density at radius 3 is 1.28 bits per heavy atom.